The topological polar surface area (TPSA) is 90.6 Å². The van der Waals surface area contributed by atoms with E-state index in [2.05, 4.69) is 14.9 Å². The molecular formula is C16H24N5O3S2+. The van der Waals surface area contributed by atoms with Crippen molar-refractivity contribution < 1.29 is 18.1 Å². The van der Waals surface area contributed by atoms with Crippen molar-refractivity contribution in [3.8, 4) is 11.4 Å². The van der Waals surface area contributed by atoms with Gasteiger partial charge in [0.2, 0.25) is 10.0 Å². The summed E-state index contributed by atoms with van der Waals surface area (Å²) >= 11 is 1.70. The number of morpholine rings is 1. The molecule has 0 amide bonds. The number of hydrogen-bond donors (Lipinski definition) is 2. The van der Waals surface area contributed by atoms with Crippen molar-refractivity contribution in [3.05, 3.63) is 24.3 Å². The average Bonchev–Trinajstić information content (AvgIpc) is 2.96. The zero-order valence-corrected chi connectivity index (χ0v) is 16.6. The zero-order valence-electron chi connectivity index (χ0n) is 14.9. The molecule has 0 spiro atoms. The molecule has 2 aromatic rings. The molecule has 8 nitrogen and oxygen atoms in total. The predicted molar refractivity (Wildman–Crippen MR) is 102 cm³/mol. The highest BCUT2D eigenvalue weighted by molar-refractivity contribution is 7.99. The van der Waals surface area contributed by atoms with Crippen molar-refractivity contribution in [2.45, 2.75) is 5.16 Å². The smallest absolute Gasteiger partial charge is 0.229 e. The maximum Gasteiger partial charge on any atom is 0.229 e. The molecule has 1 aromatic heterocycles. The van der Waals surface area contributed by atoms with Crippen LogP contribution < -0.4 is 9.62 Å². The lowest BCUT2D eigenvalue weighted by Crippen LogP contribution is -3.14. The van der Waals surface area contributed by atoms with Crippen LogP contribution in [0.4, 0.5) is 5.69 Å². The molecular weight excluding hydrogens is 374 g/mol. The Kier molecular flexibility index (Phi) is 6.17. The number of aromatic nitrogens is 3. The number of nitrogens with zero attached hydrogens (tertiary/aromatic N) is 3. The van der Waals surface area contributed by atoms with Gasteiger partial charge < -0.3 is 14.2 Å². The van der Waals surface area contributed by atoms with Crippen LogP contribution in [0, 0.1) is 0 Å². The van der Waals surface area contributed by atoms with Crippen molar-refractivity contribution in [1.82, 2.24) is 14.8 Å². The Hall–Kier alpha value is -1.62. The maximum absolute atomic E-state index is 11.3. The molecule has 0 saturated carbocycles. The predicted octanol–water partition coefficient (Wildman–Crippen LogP) is -0.139. The van der Waals surface area contributed by atoms with Crippen LogP contribution in [0.2, 0.25) is 0 Å². The van der Waals surface area contributed by atoms with Gasteiger partial charge in [-0.1, -0.05) is 11.8 Å². The molecule has 1 fully saturated rings. The average molecular weight is 399 g/mol. The summed E-state index contributed by atoms with van der Waals surface area (Å²) in [5.74, 6) is 1.75. The second-order valence-corrected chi connectivity index (χ2v) is 9.09. The highest BCUT2D eigenvalue weighted by Gasteiger charge is 2.15. The van der Waals surface area contributed by atoms with Gasteiger partial charge in [0.1, 0.15) is 13.1 Å². The van der Waals surface area contributed by atoms with Crippen LogP contribution in [0.5, 0.6) is 0 Å². The molecule has 0 radical (unpaired) electrons. The first-order valence-electron chi connectivity index (χ1n) is 8.44. The van der Waals surface area contributed by atoms with Gasteiger partial charge in [0, 0.05) is 18.3 Å². The van der Waals surface area contributed by atoms with Crippen LogP contribution >= 0.6 is 11.8 Å². The summed E-state index contributed by atoms with van der Waals surface area (Å²) in [5.41, 5.74) is 1.42. The molecule has 3 rings (SSSR count). The minimum Gasteiger partial charge on any atom is -0.370 e. The van der Waals surface area contributed by atoms with Crippen molar-refractivity contribution in [2.24, 2.45) is 7.05 Å². The quantitative estimate of drug-likeness (QED) is 0.631. The number of nitrogens with one attached hydrogen (secondary N) is 2. The van der Waals surface area contributed by atoms with E-state index >= 15 is 0 Å². The van der Waals surface area contributed by atoms with Crippen LogP contribution in [0.1, 0.15) is 0 Å². The summed E-state index contributed by atoms with van der Waals surface area (Å²) in [7, 11) is -1.33. The molecule has 10 heteroatoms. The van der Waals surface area contributed by atoms with E-state index in [0.717, 1.165) is 61.4 Å². The van der Waals surface area contributed by atoms with E-state index < -0.39 is 10.0 Å². The van der Waals surface area contributed by atoms with E-state index in [9.17, 15) is 8.42 Å². The van der Waals surface area contributed by atoms with Crippen molar-refractivity contribution >= 4 is 27.5 Å². The molecule has 0 aliphatic carbocycles. The van der Waals surface area contributed by atoms with Gasteiger partial charge >= 0.3 is 0 Å². The number of ether oxygens (including phenoxy) is 1. The molecule has 0 unspecified atom stereocenters. The monoisotopic (exact) mass is 398 g/mol. The molecule has 1 saturated heterocycles. The molecule has 0 bridgehead atoms. The van der Waals surface area contributed by atoms with Gasteiger partial charge in [-0.15, -0.1) is 10.2 Å². The first-order valence-corrected chi connectivity index (χ1v) is 11.3. The Balaban J connectivity index is 1.61. The van der Waals surface area contributed by atoms with Crippen molar-refractivity contribution in [1.29, 1.82) is 0 Å². The Morgan fingerprint density at radius 3 is 2.58 bits per heavy atom. The maximum atomic E-state index is 11.3. The van der Waals surface area contributed by atoms with Gasteiger partial charge in [0.25, 0.3) is 0 Å². The number of thioether (sulfide) groups is 1. The Morgan fingerprint density at radius 2 is 1.92 bits per heavy atom. The molecule has 26 heavy (non-hydrogen) atoms. The molecule has 2 heterocycles. The summed E-state index contributed by atoms with van der Waals surface area (Å²) in [6, 6.07) is 7.12. The van der Waals surface area contributed by atoms with Gasteiger partial charge in [0.15, 0.2) is 11.0 Å². The summed E-state index contributed by atoms with van der Waals surface area (Å²) in [6.45, 7) is 4.91. The van der Waals surface area contributed by atoms with Crippen LogP contribution in [-0.4, -0.2) is 68.0 Å². The fraction of sp³-hybridized carbons (Fsp3) is 0.500. The number of quaternary nitrogens is 1. The second kappa shape index (κ2) is 8.38. The van der Waals surface area contributed by atoms with E-state index in [4.69, 9.17) is 4.74 Å². The van der Waals surface area contributed by atoms with E-state index in [-0.39, 0.29) is 0 Å². The third kappa shape index (κ3) is 5.19. The normalized spacial score (nSPS) is 15.9. The van der Waals surface area contributed by atoms with Gasteiger partial charge in [-0.3, -0.25) is 4.72 Å². The first-order chi connectivity index (χ1) is 12.4. The number of benzene rings is 1. The summed E-state index contributed by atoms with van der Waals surface area (Å²) in [6.07, 6.45) is 1.13. The number of rotatable bonds is 7. The summed E-state index contributed by atoms with van der Waals surface area (Å²) < 4.78 is 32.4. The molecule has 0 atom stereocenters. The number of sulfonamides is 1. The van der Waals surface area contributed by atoms with Crippen LogP contribution in [0.15, 0.2) is 29.4 Å². The fourth-order valence-corrected chi connectivity index (χ4v) is 4.31. The van der Waals surface area contributed by atoms with Gasteiger partial charge in [0.05, 0.1) is 31.8 Å². The molecule has 2 N–H and O–H groups in total. The standard InChI is InChI=1S/C16H23N5O3S2/c1-20-15(13-3-5-14(6-4-13)19-26(2,22)23)17-18-16(20)25-12-9-21-7-10-24-11-8-21/h3-6,19H,7-12H2,1-2H3/p+1. The van der Waals surface area contributed by atoms with Gasteiger partial charge in [-0.05, 0) is 24.3 Å². The largest absolute Gasteiger partial charge is 0.370 e. The van der Waals surface area contributed by atoms with Crippen molar-refractivity contribution in [3.63, 3.8) is 0 Å². The van der Waals surface area contributed by atoms with E-state index in [0.29, 0.717) is 5.69 Å². The Morgan fingerprint density at radius 1 is 1.23 bits per heavy atom. The minimum absolute atomic E-state index is 0.529. The lowest BCUT2D eigenvalue weighted by Gasteiger charge is -2.23. The van der Waals surface area contributed by atoms with Crippen LogP contribution in [0.25, 0.3) is 11.4 Å². The minimum atomic E-state index is -3.27. The lowest BCUT2D eigenvalue weighted by molar-refractivity contribution is -0.905. The lowest BCUT2D eigenvalue weighted by atomic mass is 10.2. The zero-order chi connectivity index (χ0) is 18.6. The highest BCUT2D eigenvalue weighted by atomic mass is 32.2. The number of hydrogen-bond acceptors (Lipinski definition) is 6. The Bertz CT molecular complexity index is 830. The van der Waals surface area contributed by atoms with E-state index in [1.807, 2.05) is 23.7 Å². The fourth-order valence-electron chi connectivity index (χ4n) is 2.79. The second-order valence-electron chi connectivity index (χ2n) is 6.28. The molecule has 1 aromatic carbocycles. The van der Waals surface area contributed by atoms with Crippen LogP contribution in [-0.2, 0) is 21.8 Å². The van der Waals surface area contributed by atoms with Crippen molar-refractivity contribution in [2.75, 3.05) is 49.6 Å². The molecule has 142 valence electrons. The van der Waals surface area contributed by atoms with Crippen LogP contribution in [0.3, 0.4) is 0 Å². The van der Waals surface area contributed by atoms with Gasteiger partial charge in [-0.25, -0.2) is 8.42 Å². The van der Waals surface area contributed by atoms with E-state index in [1.165, 1.54) is 0 Å². The van der Waals surface area contributed by atoms with Gasteiger partial charge in [-0.2, -0.15) is 0 Å². The summed E-state index contributed by atoms with van der Waals surface area (Å²) in [5, 5.41) is 9.45. The third-order valence-corrected chi connectivity index (χ3v) is 5.80. The highest BCUT2D eigenvalue weighted by Crippen LogP contribution is 2.23. The Labute approximate surface area is 158 Å². The third-order valence-electron chi connectivity index (χ3n) is 4.17. The first kappa shape index (κ1) is 19.2. The molecule has 1 aliphatic rings. The SMILES string of the molecule is Cn1c(SCC[NH+]2CCOCC2)nnc1-c1ccc(NS(C)(=O)=O)cc1. The van der Waals surface area contributed by atoms with E-state index in [1.54, 1.807) is 28.8 Å². The summed E-state index contributed by atoms with van der Waals surface area (Å²) in [4.78, 5) is 1.57. The molecule has 1 aliphatic heterocycles. The number of anilines is 1.